The number of hydrogen-bond acceptors (Lipinski definition) is 4. The van der Waals surface area contributed by atoms with Crippen molar-refractivity contribution in [3.05, 3.63) is 113 Å². The van der Waals surface area contributed by atoms with Gasteiger partial charge in [-0.1, -0.05) is 66.7 Å². The first kappa shape index (κ1) is 32.5. The van der Waals surface area contributed by atoms with E-state index in [4.69, 9.17) is 5.73 Å². The topological polar surface area (TPSA) is 87.0 Å². The molecule has 0 bridgehead atoms. The van der Waals surface area contributed by atoms with E-state index in [1.54, 1.807) is 6.92 Å². The highest BCUT2D eigenvalue weighted by molar-refractivity contribution is 5.94. The van der Waals surface area contributed by atoms with E-state index in [1.165, 1.54) is 21.9 Å². The highest BCUT2D eigenvalue weighted by Gasteiger charge is 2.44. The summed E-state index contributed by atoms with van der Waals surface area (Å²) in [7, 11) is 3.80. The molecule has 1 fully saturated rings. The van der Waals surface area contributed by atoms with Crippen molar-refractivity contribution >= 4 is 34.2 Å². The van der Waals surface area contributed by atoms with E-state index < -0.39 is 47.6 Å². The fourth-order valence-electron chi connectivity index (χ4n) is 6.21. The number of anilines is 1. The van der Waals surface area contributed by atoms with Crippen LogP contribution >= 0.6 is 0 Å². The molecule has 0 saturated carbocycles. The fourth-order valence-corrected chi connectivity index (χ4v) is 6.21. The van der Waals surface area contributed by atoms with Crippen molar-refractivity contribution in [2.24, 2.45) is 5.73 Å². The van der Waals surface area contributed by atoms with Crippen LogP contribution in [-0.4, -0.2) is 60.2 Å². The summed E-state index contributed by atoms with van der Waals surface area (Å²) < 4.78 is 41.6. The van der Waals surface area contributed by atoms with Crippen molar-refractivity contribution < 1.29 is 27.6 Å². The Kier molecular flexibility index (Phi) is 9.37. The van der Waals surface area contributed by atoms with Gasteiger partial charge in [-0.2, -0.15) is 13.2 Å². The van der Waals surface area contributed by atoms with Gasteiger partial charge in [-0.3, -0.25) is 14.4 Å². The minimum atomic E-state index is -4.66. The zero-order valence-corrected chi connectivity index (χ0v) is 26.0. The van der Waals surface area contributed by atoms with Gasteiger partial charge in [0.1, 0.15) is 12.1 Å². The first-order valence-electron chi connectivity index (χ1n) is 15.2. The third-order valence-electron chi connectivity index (χ3n) is 8.68. The van der Waals surface area contributed by atoms with Crippen LogP contribution in [-0.2, 0) is 33.4 Å². The molecule has 4 aromatic rings. The van der Waals surface area contributed by atoms with Crippen molar-refractivity contribution in [1.29, 1.82) is 0 Å². The van der Waals surface area contributed by atoms with Crippen LogP contribution in [0.3, 0.4) is 0 Å². The van der Waals surface area contributed by atoms with E-state index in [9.17, 15) is 27.6 Å². The number of carbonyl (C=O) groups excluding carboxylic acids is 3. The minimum absolute atomic E-state index is 0.0169. The van der Waals surface area contributed by atoms with Crippen molar-refractivity contribution in [1.82, 2.24) is 9.80 Å². The number of carbonyl (C=O) groups is 3. The molecule has 1 aliphatic heterocycles. The monoisotopic (exact) mass is 630 g/mol. The first-order chi connectivity index (χ1) is 21.8. The average Bonchev–Trinajstić information content (AvgIpc) is 3.15. The van der Waals surface area contributed by atoms with Crippen LogP contribution in [0, 0.1) is 0 Å². The molecule has 3 atom stereocenters. The van der Waals surface area contributed by atoms with Gasteiger partial charge < -0.3 is 20.4 Å². The van der Waals surface area contributed by atoms with E-state index in [0.29, 0.717) is 12.0 Å². The lowest BCUT2D eigenvalue weighted by molar-refractivity contribution is -0.148. The maximum absolute atomic E-state index is 14.6. The molecular formula is C36H37F3N4O3. The number of halogens is 3. The van der Waals surface area contributed by atoms with E-state index in [0.717, 1.165) is 34.2 Å². The Balaban J connectivity index is 1.56. The van der Waals surface area contributed by atoms with Gasteiger partial charge in [0, 0.05) is 38.8 Å². The highest BCUT2D eigenvalue weighted by Crippen LogP contribution is 2.36. The number of benzene rings is 4. The Labute approximate surface area is 266 Å². The second-order valence-electron chi connectivity index (χ2n) is 12.0. The summed E-state index contributed by atoms with van der Waals surface area (Å²) in [6.07, 6.45) is -4.32. The molecule has 0 spiro atoms. The molecule has 0 aliphatic carbocycles. The molecule has 0 radical (unpaired) electrons. The minimum Gasteiger partial charge on any atom is -0.378 e. The van der Waals surface area contributed by atoms with Crippen LogP contribution in [0.5, 0.6) is 0 Å². The maximum atomic E-state index is 14.6. The van der Waals surface area contributed by atoms with Crippen LogP contribution in [0.15, 0.2) is 91.0 Å². The molecule has 46 heavy (non-hydrogen) atoms. The summed E-state index contributed by atoms with van der Waals surface area (Å²) in [5.41, 5.74) is 7.46. The number of rotatable bonds is 8. The Morgan fingerprint density at radius 2 is 1.63 bits per heavy atom. The number of primary amides is 1. The lowest BCUT2D eigenvalue weighted by Gasteiger charge is -2.36. The van der Waals surface area contributed by atoms with Gasteiger partial charge >= 0.3 is 6.18 Å². The Hall–Kier alpha value is -4.86. The molecule has 10 heteroatoms. The van der Waals surface area contributed by atoms with E-state index in [-0.39, 0.29) is 24.9 Å². The lowest BCUT2D eigenvalue weighted by Crippen LogP contribution is -2.52. The number of nitrogens with two attached hydrogens (primary N) is 1. The standard InChI is InChI=1S/C36H37F3N4O3/c1-23-18-19-42(31(34(40)45)22-26-10-6-9-25-8-4-5-13-30(25)26)35(46)33(27-11-7-12-28(21-27)36(37,38)39)43(23)32(44)20-24-14-16-29(17-15-24)41(2)3/h4-17,21,23,31,33H,18-20,22H2,1-3H3,(H2,40,45). The zero-order valence-electron chi connectivity index (χ0n) is 26.0. The van der Waals surface area contributed by atoms with Crippen LogP contribution in [0.1, 0.15) is 41.6 Å². The van der Waals surface area contributed by atoms with Crippen LogP contribution in [0.25, 0.3) is 10.8 Å². The van der Waals surface area contributed by atoms with Gasteiger partial charge in [0.15, 0.2) is 0 Å². The lowest BCUT2D eigenvalue weighted by atomic mass is 9.96. The van der Waals surface area contributed by atoms with Crippen LogP contribution < -0.4 is 10.6 Å². The third kappa shape index (κ3) is 6.85. The van der Waals surface area contributed by atoms with Gasteiger partial charge in [-0.05, 0) is 65.1 Å². The summed E-state index contributed by atoms with van der Waals surface area (Å²) in [4.78, 5) is 46.3. The predicted molar refractivity (Wildman–Crippen MR) is 172 cm³/mol. The molecule has 1 aliphatic rings. The van der Waals surface area contributed by atoms with E-state index in [1.807, 2.05) is 85.7 Å². The molecule has 7 nitrogen and oxygen atoms in total. The summed E-state index contributed by atoms with van der Waals surface area (Å²) >= 11 is 0. The van der Waals surface area contributed by atoms with E-state index >= 15 is 0 Å². The molecule has 1 saturated heterocycles. The molecular weight excluding hydrogens is 593 g/mol. The number of nitrogens with zero attached hydrogens (tertiary/aromatic N) is 3. The van der Waals surface area contributed by atoms with E-state index in [2.05, 4.69) is 0 Å². The fraction of sp³-hybridized carbons (Fsp3) is 0.306. The SMILES string of the molecule is CC1CCN(C(Cc2cccc3ccccc23)C(N)=O)C(=O)C(c2cccc(C(F)(F)F)c2)N1C(=O)Cc1ccc(N(C)C)cc1. The summed E-state index contributed by atoms with van der Waals surface area (Å²) in [6, 6.07) is 22.2. The van der Waals surface area contributed by atoms with Crippen molar-refractivity contribution in [2.75, 3.05) is 25.5 Å². The molecule has 1 heterocycles. The van der Waals surface area contributed by atoms with Crippen molar-refractivity contribution in [2.45, 2.75) is 50.5 Å². The van der Waals surface area contributed by atoms with Gasteiger partial charge in [0.25, 0.3) is 5.91 Å². The largest absolute Gasteiger partial charge is 0.416 e. The maximum Gasteiger partial charge on any atom is 0.416 e. The Morgan fingerprint density at radius 3 is 2.30 bits per heavy atom. The number of alkyl halides is 3. The second kappa shape index (κ2) is 13.2. The zero-order chi connectivity index (χ0) is 33.2. The number of fused-ring (bicyclic) bond motifs is 1. The predicted octanol–water partition coefficient (Wildman–Crippen LogP) is 5.75. The van der Waals surface area contributed by atoms with Gasteiger partial charge in [0.05, 0.1) is 12.0 Å². The van der Waals surface area contributed by atoms with Gasteiger partial charge in [0.2, 0.25) is 11.8 Å². The molecule has 3 amide bonds. The van der Waals surface area contributed by atoms with Gasteiger partial charge in [-0.15, -0.1) is 0 Å². The third-order valence-corrected chi connectivity index (χ3v) is 8.68. The quantitative estimate of drug-likeness (QED) is 0.269. The number of hydrogen-bond donors (Lipinski definition) is 1. The second-order valence-corrected chi connectivity index (χ2v) is 12.0. The average molecular weight is 631 g/mol. The molecule has 3 unspecified atom stereocenters. The van der Waals surface area contributed by atoms with Crippen molar-refractivity contribution in [3.8, 4) is 0 Å². The summed E-state index contributed by atoms with van der Waals surface area (Å²) in [6.45, 7) is 1.86. The highest BCUT2D eigenvalue weighted by atomic mass is 19.4. The number of amides is 3. The van der Waals surface area contributed by atoms with Crippen LogP contribution in [0.4, 0.5) is 18.9 Å². The van der Waals surface area contributed by atoms with Crippen molar-refractivity contribution in [3.63, 3.8) is 0 Å². The normalized spacial score (nSPS) is 17.9. The molecule has 0 aromatic heterocycles. The first-order valence-corrected chi connectivity index (χ1v) is 15.2. The summed E-state index contributed by atoms with van der Waals surface area (Å²) in [5, 5.41) is 1.86. The molecule has 5 rings (SSSR count). The molecule has 240 valence electrons. The van der Waals surface area contributed by atoms with Crippen LogP contribution in [0.2, 0.25) is 0 Å². The Morgan fingerprint density at radius 1 is 0.957 bits per heavy atom. The summed E-state index contributed by atoms with van der Waals surface area (Å²) in [5.74, 6) is -1.80. The van der Waals surface area contributed by atoms with Gasteiger partial charge in [-0.25, -0.2) is 0 Å². The smallest absolute Gasteiger partial charge is 0.378 e. The molecule has 2 N–H and O–H groups in total. The Bertz CT molecular complexity index is 1730. The molecule has 4 aromatic carbocycles.